The lowest BCUT2D eigenvalue weighted by Gasteiger charge is -2.09. The normalized spacial score (nSPS) is 11.1. The minimum Gasteiger partial charge on any atom is -0.381 e. The average molecular weight is 345 g/mol. The maximum absolute atomic E-state index is 12.1. The monoisotopic (exact) mass is 344 g/mol. The lowest BCUT2D eigenvalue weighted by molar-refractivity contribution is 0.0916. The van der Waals surface area contributed by atoms with Gasteiger partial charge in [0, 0.05) is 37.0 Å². The molecule has 0 bridgehead atoms. The predicted octanol–water partition coefficient (Wildman–Crippen LogP) is 3.45. The summed E-state index contributed by atoms with van der Waals surface area (Å²) in [6, 6.07) is 1.86. The molecule has 1 rings (SSSR count). The summed E-state index contributed by atoms with van der Waals surface area (Å²) in [7, 11) is 0. The lowest BCUT2D eigenvalue weighted by Crippen LogP contribution is -2.27. The van der Waals surface area contributed by atoms with Crippen molar-refractivity contribution in [3.8, 4) is 0 Å². The van der Waals surface area contributed by atoms with Crippen LogP contribution in [-0.2, 0) is 11.3 Å². The second kappa shape index (κ2) is 9.19. The Kier molecular flexibility index (Phi) is 7.92. The summed E-state index contributed by atoms with van der Waals surface area (Å²) >= 11 is 3.42. The van der Waals surface area contributed by atoms with Crippen molar-refractivity contribution in [2.45, 2.75) is 40.2 Å². The maximum atomic E-state index is 12.1. The standard InChI is InChI=1S/C15H25BrN2O2/c1-4-7-18-10-13(16)9-14(18)15(19)17-6-5-8-20-11-12(2)3/h9-10,12H,4-8,11H2,1-3H3,(H,17,19). The van der Waals surface area contributed by atoms with Crippen LogP contribution in [0.25, 0.3) is 0 Å². The van der Waals surface area contributed by atoms with Gasteiger partial charge in [0.1, 0.15) is 5.69 Å². The zero-order valence-electron chi connectivity index (χ0n) is 12.6. The smallest absolute Gasteiger partial charge is 0.267 e. The van der Waals surface area contributed by atoms with Crippen molar-refractivity contribution in [2.75, 3.05) is 19.8 Å². The molecule has 1 aromatic heterocycles. The Labute approximate surface area is 130 Å². The molecule has 0 aliphatic rings. The Morgan fingerprint density at radius 2 is 2.25 bits per heavy atom. The molecule has 1 N–H and O–H groups in total. The van der Waals surface area contributed by atoms with Crippen molar-refractivity contribution in [1.82, 2.24) is 9.88 Å². The number of amides is 1. The van der Waals surface area contributed by atoms with Gasteiger partial charge in [0.05, 0.1) is 0 Å². The van der Waals surface area contributed by atoms with E-state index in [1.54, 1.807) is 0 Å². The van der Waals surface area contributed by atoms with Crippen molar-refractivity contribution >= 4 is 21.8 Å². The summed E-state index contributed by atoms with van der Waals surface area (Å²) in [4.78, 5) is 12.1. The highest BCUT2D eigenvalue weighted by atomic mass is 79.9. The molecule has 4 nitrogen and oxygen atoms in total. The number of rotatable bonds is 9. The van der Waals surface area contributed by atoms with E-state index >= 15 is 0 Å². The first kappa shape index (κ1) is 17.2. The van der Waals surface area contributed by atoms with Gasteiger partial charge in [0.2, 0.25) is 0 Å². The van der Waals surface area contributed by atoms with Gasteiger partial charge in [0.15, 0.2) is 0 Å². The third-order valence-corrected chi connectivity index (χ3v) is 3.20. The third-order valence-electron chi connectivity index (χ3n) is 2.76. The van der Waals surface area contributed by atoms with Crippen LogP contribution in [0.5, 0.6) is 0 Å². The molecule has 0 saturated heterocycles. The van der Waals surface area contributed by atoms with Crippen LogP contribution >= 0.6 is 15.9 Å². The molecule has 1 heterocycles. The van der Waals surface area contributed by atoms with Crippen molar-refractivity contribution < 1.29 is 9.53 Å². The highest BCUT2D eigenvalue weighted by Gasteiger charge is 2.11. The molecule has 0 unspecified atom stereocenters. The molecule has 114 valence electrons. The number of hydrogen-bond acceptors (Lipinski definition) is 2. The number of hydrogen-bond donors (Lipinski definition) is 1. The summed E-state index contributed by atoms with van der Waals surface area (Å²) in [5.74, 6) is 0.535. The summed E-state index contributed by atoms with van der Waals surface area (Å²) in [6.07, 6.45) is 3.79. The van der Waals surface area contributed by atoms with E-state index in [4.69, 9.17) is 4.74 Å². The van der Waals surface area contributed by atoms with Gasteiger partial charge in [-0.3, -0.25) is 4.79 Å². The van der Waals surface area contributed by atoms with Crippen LogP contribution in [0.2, 0.25) is 0 Å². The van der Waals surface area contributed by atoms with Crippen molar-refractivity contribution in [3.05, 3.63) is 22.4 Å². The molecule has 1 aromatic rings. The van der Waals surface area contributed by atoms with Gasteiger partial charge in [-0.05, 0) is 40.8 Å². The number of carbonyl (C=O) groups excluding carboxylic acids is 1. The van der Waals surface area contributed by atoms with E-state index in [1.165, 1.54) is 0 Å². The lowest BCUT2D eigenvalue weighted by atomic mass is 10.2. The number of nitrogens with zero attached hydrogens (tertiary/aromatic N) is 1. The third kappa shape index (κ3) is 6.09. The first-order chi connectivity index (χ1) is 9.54. The average Bonchev–Trinajstić information content (AvgIpc) is 2.74. The summed E-state index contributed by atoms with van der Waals surface area (Å²) in [5, 5.41) is 2.94. The molecule has 1 amide bonds. The van der Waals surface area contributed by atoms with Crippen LogP contribution < -0.4 is 5.32 Å². The number of nitrogens with one attached hydrogen (secondary N) is 1. The number of halogens is 1. The molecule has 0 atom stereocenters. The molecule has 5 heteroatoms. The number of aryl methyl sites for hydroxylation is 1. The van der Waals surface area contributed by atoms with E-state index in [1.807, 2.05) is 16.8 Å². The Hall–Kier alpha value is -0.810. The van der Waals surface area contributed by atoms with Crippen LogP contribution in [0.4, 0.5) is 0 Å². The molecule has 0 radical (unpaired) electrons. The van der Waals surface area contributed by atoms with Crippen LogP contribution in [0.15, 0.2) is 16.7 Å². The summed E-state index contributed by atoms with van der Waals surface area (Å²) < 4.78 is 8.41. The Bertz CT molecular complexity index is 416. The van der Waals surface area contributed by atoms with Gasteiger partial charge >= 0.3 is 0 Å². The van der Waals surface area contributed by atoms with Crippen molar-refractivity contribution in [3.63, 3.8) is 0 Å². The molecule has 0 fully saturated rings. The van der Waals surface area contributed by atoms with Gasteiger partial charge < -0.3 is 14.6 Å². The van der Waals surface area contributed by atoms with Gasteiger partial charge in [0.25, 0.3) is 5.91 Å². The fraction of sp³-hybridized carbons (Fsp3) is 0.667. The molecule has 0 saturated carbocycles. The Balaban J connectivity index is 2.32. The maximum Gasteiger partial charge on any atom is 0.267 e. The van der Waals surface area contributed by atoms with E-state index in [2.05, 4.69) is 42.0 Å². The van der Waals surface area contributed by atoms with Crippen LogP contribution in [-0.4, -0.2) is 30.2 Å². The second-order valence-corrected chi connectivity index (χ2v) is 6.23. The zero-order valence-corrected chi connectivity index (χ0v) is 14.2. The van der Waals surface area contributed by atoms with E-state index in [9.17, 15) is 4.79 Å². The molecule has 0 aliphatic heterocycles. The SMILES string of the molecule is CCCn1cc(Br)cc1C(=O)NCCCOCC(C)C. The number of carbonyl (C=O) groups is 1. The van der Waals surface area contributed by atoms with Gasteiger partial charge in [-0.25, -0.2) is 0 Å². The van der Waals surface area contributed by atoms with Crippen molar-refractivity contribution in [2.24, 2.45) is 5.92 Å². The van der Waals surface area contributed by atoms with Crippen LogP contribution in [0.1, 0.15) is 44.1 Å². The van der Waals surface area contributed by atoms with E-state index in [-0.39, 0.29) is 5.91 Å². The Morgan fingerprint density at radius 1 is 1.50 bits per heavy atom. The minimum atomic E-state index is -0.0204. The molecular weight excluding hydrogens is 320 g/mol. The fourth-order valence-corrected chi connectivity index (χ4v) is 2.34. The Morgan fingerprint density at radius 3 is 2.90 bits per heavy atom. The predicted molar refractivity (Wildman–Crippen MR) is 85.0 cm³/mol. The molecule has 0 aliphatic carbocycles. The fourth-order valence-electron chi connectivity index (χ4n) is 1.88. The quantitative estimate of drug-likeness (QED) is 0.697. The van der Waals surface area contributed by atoms with Crippen LogP contribution in [0, 0.1) is 5.92 Å². The molecular formula is C15H25BrN2O2. The number of aromatic nitrogens is 1. The van der Waals surface area contributed by atoms with Crippen molar-refractivity contribution in [1.29, 1.82) is 0 Å². The second-order valence-electron chi connectivity index (χ2n) is 5.32. The molecule has 20 heavy (non-hydrogen) atoms. The molecule has 0 aromatic carbocycles. The van der Waals surface area contributed by atoms with E-state index in [0.29, 0.717) is 24.8 Å². The van der Waals surface area contributed by atoms with Gasteiger partial charge in [-0.15, -0.1) is 0 Å². The van der Waals surface area contributed by atoms with E-state index in [0.717, 1.165) is 30.5 Å². The zero-order chi connectivity index (χ0) is 15.0. The summed E-state index contributed by atoms with van der Waals surface area (Å²) in [5.41, 5.74) is 0.710. The van der Waals surface area contributed by atoms with E-state index < -0.39 is 0 Å². The van der Waals surface area contributed by atoms with Gasteiger partial charge in [-0.2, -0.15) is 0 Å². The largest absolute Gasteiger partial charge is 0.381 e. The highest BCUT2D eigenvalue weighted by Crippen LogP contribution is 2.15. The molecule has 0 spiro atoms. The van der Waals surface area contributed by atoms with Gasteiger partial charge in [-0.1, -0.05) is 20.8 Å². The topological polar surface area (TPSA) is 43.3 Å². The first-order valence-corrected chi connectivity index (χ1v) is 8.05. The number of ether oxygens (including phenoxy) is 1. The van der Waals surface area contributed by atoms with Crippen LogP contribution in [0.3, 0.4) is 0 Å². The highest BCUT2D eigenvalue weighted by molar-refractivity contribution is 9.10. The first-order valence-electron chi connectivity index (χ1n) is 7.26. The minimum absolute atomic E-state index is 0.0204. The summed E-state index contributed by atoms with van der Waals surface area (Å²) in [6.45, 7) is 9.32.